The summed E-state index contributed by atoms with van der Waals surface area (Å²) in [6.45, 7) is 5.76. The summed E-state index contributed by atoms with van der Waals surface area (Å²) in [4.78, 5) is 18.8. The zero-order valence-electron chi connectivity index (χ0n) is 11.8. The molecular formula is C12H20N6O2. The summed E-state index contributed by atoms with van der Waals surface area (Å²) in [5, 5.41) is 6.57. The molecule has 0 spiro atoms. The van der Waals surface area contributed by atoms with Crippen LogP contribution < -0.4 is 5.32 Å². The van der Waals surface area contributed by atoms with Crippen LogP contribution in [0.3, 0.4) is 0 Å². The standard InChI is InChI=1S/C12H20N6O2/c1-3-18-9-14-8-10(18)11(12(19)20-4-2)15-6-5-7-16-17-13/h8-9,11,15H,3-7H2,1-2H3. The van der Waals surface area contributed by atoms with Gasteiger partial charge in [-0.1, -0.05) is 5.11 Å². The number of carbonyl (C=O) groups excluding carboxylic acids is 1. The number of rotatable bonds is 9. The summed E-state index contributed by atoms with van der Waals surface area (Å²) >= 11 is 0. The van der Waals surface area contributed by atoms with Gasteiger partial charge in [0.05, 0.1) is 24.8 Å². The van der Waals surface area contributed by atoms with Crippen LogP contribution in [0.15, 0.2) is 17.6 Å². The van der Waals surface area contributed by atoms with Crippen molar-refractivity contribution in [3.8, 4) is 0 Å². The maximum Gasteiger partial charge on any atom is 0.329 e. The molecule has 0 saturated heterocycles. The number of aromatic nitrogens is 2. The van der Waals surface area contributed by atoms with Crippen LogP contribution in [0, 0.1) is 0 Å². The van der Waals surface area contributed by atoms with Gasteiger partial charge in [-0.05, 0) is 32.3 Å². The Morgan fingerprint density at radius 3 is 3.10 bits per heavy atom. The fourth-order valence-corrected chi connectivity index (χ4v) is 1.81. The summed E-state index contributed by atoms with van der Waals surface area (Å²) in [6.07, 6.45) is 3.99. The van der Waals surface area contributed by atoms with Crippen molar-refractivity contribution in [3.63, 3.8) is 0 Å². The van der Waals surface area contributed by atoms with Gasteiger partial charge < -0.3 is 9.30 Å². The molecule has 1 atom stereocenters. The number of aryl methyl sites for hydroxylation is 1. The normalized spacial score (nSPS) is 11.7. The quantitative estimate of drug-likeness (QED) is 0.245. The summed E-state index contributed by atoms with van der Waals surface area (Å²) in [7, 11) is 0. The number of nitrogens with zero attached hydrogens (tertiary/aromatic N) is 5. The summed E-state index contributed by atoms with van der Waals surface area (Å²) in [5.41, 5.74) is 8.98. The van der Waals surface area contributed by atoms with E-state index in [4.69, 9.17) is 10.3 Å². The second-order valence-electron chi connectivity index (χ2n) is 4.05. The van der Waals surface area contributed by atoms with Crippen LogP contribution in [-0.2, 0) is 16.1 Å². The van der Waals surface area contributed by atoms with E-state index in [9.17, 15) is 4.79 Å². The molecule has 1 unspecified atom stereocenters. The first-order valence-electron chi connectivity index (χ1n) is 6.65. The van der Waals surface area contributed by atoms with Crippen molar-refractivity contribution in [2.75, 3.05) is 19.7 Å². The van der Waals surface area contributed by atoms with E-state index in [0.717, 1.165) is 12.2 Å². The van der Waals surface area contributed by atoms with E-state index in [1.54, 1.807) is 19.4 Å². The molecule has 8 heteroatoms. The van der Waals surface area contributed by atoms with Crippen LogP contribution >= 0.6 is 0 Å². The minimum Gasteiger partial charge on any atom is -0.465 e. The predicted octanol–water partition coefficient (Wildman–Crippen LogP) is 1.80. The molecule has 20 heavy (non-hydrogen) atoms. The molecule has 1 rings (SSSR count). The lowest BCUT2D eigenvalue weighted by Crippen LogP contribution is -2.32. The number of carbonyl (C=O) groups is 1. The second kappa shape index (κ2) is 8.95. The summed E-state index contributed by atoms with van der Waals surface area (Å²) in [6, 6.07) is -0.552. The van der Waals surface area contributed by atoms with Gasteiger partial charge in [-0.15, -0.1) is 0 Å². The third-order valence-electron chi connectivity index (χ3n) is 2.75. The molecule has 110 valence electrons. The highest BCUT2D eigenvalue weighted by Gasteiger charge is 2.24. The molecular weight excluding hydrogens is 260 g/mol. The first-order chi connectivity index (χ1) is 9.74. The molecule has 0 amide bonds. The Hall–Kier alpha value is -2.05. The molecule has 0 aliphatic rings. The third-order valence-corrected chi connectivity index (χ3v) is 2.75. The number of hydrogen-bond donors (Lipinski definition) is 1. The monoisotopic (exact) mass is 280 g/mol. The van der Waals surface area contributed by atoms with Crippen molar-refractivity contribution in [2.45, 2.75) is 32.9 Å². The Kier molecular flexibility index (Phi) is 7.16. The highest BCUT2D eigenvalue weighted by molar-refractivity contribution is 5.77. The lowest BCUT2D eigenvalue weighted by atomic mass is 10.2. The van der Waals surface area contributed by atoms with Gasteiger partial charge >= 0.3 is 5.97 Å². The molecule has 0 aromatic carbocycles. The Morgan fingerprint density at radius 1 is 1.65 bits per heavy atom. The average Bonchev–Trinajstić information content (AvgIpc) is 2.91. The van der Waals surface area contributed by atoms with E-state index >= 15 is 0 Å². The molecule has 1 aromatic rings. The summed E-state index contributed by atoms with van der Waals surface area (Å²) in [5.74, 6) is -0.327. The zero-order valence-corrected chi connectivity index (χ0v) is 11.8. The Morgan fingerprint density at radius 2 is 2.45 bits per heavy atom. The van der Waals surface area contributed by atoms with Gasteiger partial charge in [0.2, 0.25) is 0 Å². The maximum absolute atomic E-state index is 12.0. The van der Waals surface area contributed by atoms with Gasteiger partial charge in [-0.2, -0.15) is 0 Å². The van der Waals surface area contributed by atoms with E-state index in [1.165, 1.54) is 0 Å². The molecule has 1 heterocycles. The Balaban J connectivity index is 2.70. The average molecular weight is 280 g/mol. The highest BCUT2D eigenvalue weighted by Crippen LogP contribution is 2.14. The lowest BCUT2D eigenvalue weighted by molar-refractivity contribution is -0.146. The second-order valence-corrected chi connectivity index (χ2v) is 4.05. The number of imidazole rings is 1. The van der Waals surface area contributed by atoms with Crippen molar-refractivity contribution >= 4 is 5.97 Å². The predicted molar refractivity (Wildman–Crippen MR) is 73.9 cm³/mol. The minimum absolute atomic E-state index is 0.327. The Bertz CT molecular complexity index is 466. The molecule has 0 aliphatic heterocycles. The smallest absolute Gasteiger partial charge is 0.329 e. The van der Waals surface area contributed by atoms with E-state index in [-0.39, 0.29) is 5.97 Å². The molecule has 1 N–H and O–H groups in total. The van der Waals surface area contributed by atoms with E-state index in [2.05, 4.69) is 20.3 Å². The largest absolute Gasteiger partial charge is 0.465 e. The van der Waals surface area contributed by atoms with Crippen molar-refractivity contribution in [1.82, 2.24) is 14.9 Å². The molecule has 0 saturated carbocycles. The van der Waals surface area contributed by atoms with Crippen molar-refractivity contribution < 1.29 is 9.53 Å². The van der Waals surface area contributed by atoms with Gasteiger partial charge in [-0.25, -0.2) is 9.78 Å². The molecule has 0 bridgehead atoms. The van der Waals surface area contributed by atoms with Gasteiger partial charge in [0, 0.05) is 18.0 Å². The number of azide groups is 1. The Labute approximate surface area is 117 Å². The first kappa shape index (κ1) is 16.0. The van der Waals surface area contributed by atoms with Crippen molar-refractivity contribution in [1.29, 1.82) is 0 Å². The van der Waals surface area contributed by atoms with Crippen molar-refractivity contribution in [2.24, 2.45) is 5.11 Å². The maximum atomic E-state index is 12.0. The van der Waals surface area contributed by atoms with Gasteiger partial charge in [0.1, 0.15) is 6.04 Å². The lowest BCUT2D eigenvalue weighted by Gasteiger charge is -2.18. The van der Waals surface area contributed by atoms with Crippen LogP contribution in [0.5, 0.6) is 0 Å². The number of esters is 1. The number of hydrogen-bond acceptors (Lipinski definition) is 5. The van der Waals surface area contributed by atoms with E-state index < -0.39 is 6.04 Å². The van der Waals surface area contributed by atoms with E-state index in [0.29, 0.717) is 26.1 Å². The molecule has 8 nitrogen and oxygen atoms in total. The molecule has 0 fully saturated rings. The van der Waals surface area contributed by atoms with Crippen LogP contribution in [0.2, 0.25) is 0 Å². The van der Waals surface area contributed by atoms with Crippen LogP contribution in [0.25, 0.3) is 10.4 Å². The van der Waals surface area contributed by atoms with Crippen LogP contribution in [-0.4, -0.2) is 35.2 Å². The molecule has 1 aromatic heterocycles. The first-order valence-corrected chi connectivity index (χ1v) is 6.65. The van der Waals surface area contributed by atoms with E-state index in [1.807, 2.05) is 11.5 Å². The SMILES string of the molecule is CCOC(=O)C(NCCCN=[N+]=[N-])c1cncn1CC. The summed E-state index contributed by atoms with van der Waals surface area (Å²) < 4.78 is 6.97. The van der Waals surface area contributed by atoms with Crippen LogP contribution in [0.1, 0.15) is 32.0 Å². The minimum atomic E-state index is -0.552. The van der Waals surface area contributed by atoms with Gasteiger partial charge in [0.25, 0.3) is 0 Å². The zero-order chi connectivity index (χ0) is 14.8. The number of nitrogens with one attached hydrogen (secondary N) is 1. The molecule has 0 aliphatic carbocycles. The fraction of sp³-hybridized carbons (Fsp3) is 0.667. The van der Waals surface area contributed by atoms with Gasteiger partial charge in [-0.3, -0.25) is 5.32 Å². The topological polar surface area (TPSA) is 105 Å². The highest BCUT2D eigenvalue weighted by atomic mass is 16.5. The third kappa shape index (κ3) is 4.56. The fourth-order valence-electron chi connectivity index (χ4n) is 1.81. The molecule has 0 radical (unpaired) electrons. The number of ether oxygens (including phenoxy) is 1. The van der Waals surface area contributed by atoms with Crippen LogP contribution in [0.4, 0.5) is 0 Å². The van der Waals surface area contributed by atoms with Crippen molar-refractivity contribution in [3.05, 3.63) is 28.7 Å². The van der Waals surface area contributed by atoms with Gasteiger partial charge in [0.15, 0.2) is 0 Å².